The topological polar surface area (TPSA) is 55.6 Å². The van der Waals surface area contributed by atoms with Crippen LogP contribution < -0.4 is 4.90 Å². The molecule has 1 rings (SSSR count). The van der Waals surface area contributed by atoms with Crippen molar-refractivity contribution in [3.05, 3.63) is 33.9 Å². The molecule has 0 saturated carbocycles. The summed E-state index contributed by atoms with van der Waals surface area (Å²) in [7, 11) is 3.64. The second-order valence-electron chi connectivity index (χ2n) is 3.97. The Morgan fingerprint density at radius 1 is 1.50 bits per heavy atom. The molecule has 6 heteroatoms. The summed E-state index contributed by atoms with van der Waals surface area (Å²) in [6, 6.07) is 5.18. The third-order valence-corrected chi connectivity index (χ3v) is 3.29. The van der Waals surface area contributed by atoms with E-state index in [-0.39, 0.29) is 10.6 Å². The summed E-state index contributed by atoms with van der Waals surface area (Å²) in [5.74, 6) is 0. The molecule has 100 valence electrons. The van der Waals surface area contributed by atoms with Crippen LogP contribution in [0, 0.1) is 10.1 Å². The first-order chi connectivity index (χ1) is 8.60. The number of hydrogen-bond donors (Lipinski definition) is 0. The molecule has 18 heavy (non-hydrogen) atoms. The van der Waals surface area contributed by atoms with E-state index in [1.165, 1.54) is 0 Å². The molecular weight excluding hydrogens is 300 g/mol. The quantitative estimate of drug-likeness (QED) is 0.336. The fraction of sp³-hybridized carbons (Fsp3) is 0.500. The van der Waals surface area contributed by atoms with Crippen LogP contribution in [0.25, 0.3) is 0 Å². The van der Waals surface area contributed by atoms with Crippen LogP contribution in [0.2, 0.25) is 0 Å². The van der Waals surface area contributed by atoms with Crippen molar-refractivity contribution >= 4 is 27.3 Å². The summed E-state index contributed by atoms with van der Waals surface area (Å²) in [5, 5.41) is 11.3. The van der Waals surface area contributed by atoms with Crippen molar-refractivity contribution in [1.29, 1.82) is 0 Å². The van der Waals surface area contributed by atoms with Gasteiger partial charge in [0.15, 0.2) is 0 Å². The van der Waals surface area contributed by atoms with Gasteiger partial charge in [-0.2, -0.15) is 0 Å². The first-order valence-electron chi connectivity index (χ1n) is 5.63. The van der Waals surface area contributed by atoms with Gasteiger partial charge in [0.25, 0.3) is 5.69 Å². The smallest absolute Gasteiger partial charge is 0.273 e. The number of methoxy groups -OCH3 is 1. The summed E-state index contributed by atoms with van der Waals surface area (Å²) in [6.45, 7) is 1.57. The summed E-state index contributed by atoms with van der Waals surface area (Å²) in [5.41, 5.74) is 1.82. The Bertz CT molecular complexity index is 412. The molecule has 0 fully saturated rings. The molecule has 5 nitrogen and oxygen atoms in total. The average molecular weight is 317 g/mol. The Morgan fingerprint density at radius 2 is 2.22 bits per heavy atom. The van der Waals surface area contributed by atoms with Gasteiger partial charge in [-0.3, -0.25) is 10.1 Å². The zero-order valence-electron chi connectivity index (χ0n) is 10.6. The van der Waals surface area contributed by atoms with Crippen molar-refractivity contribution in [3.8, 4) is 0 Å². The number of hydrogen-bond acceptors (Lipinski definition) is 4. The minimum atomic E-state index is -0.356. The maximum atomic E-state index is 10.8. The van der Waals surface area contributed by atoms with Crippen LogP contribution in [-0.4, -0.2) is 32.2 Å². The van der Waals surface area contributed by atoms with Crippen LogP contribution in [0.15, 0.2) is 18.2 Å². The van der Waals surface area contributed by atoms with Crippen molar-refractivity contribution in [1.82, 2.24) is 0 Å². The maximum absolute atomic E-state index is 10.8. The van der Waals surface area contributed by atoms with E-state index in [2.05, 4.69) is 20.8 Å². The molecule has 0 aliphatic carbocycles. The van der Waals surface area contributed by atoms with Gasteiger partial charge in [0.05, 0.1) is 4.92 Å². The Hall–Kier alpha value is -1.14. The maximum Gasteiger partial charge on any atom is 0.273 e. The Balaban J connectivity index is 2.81. The van der Waals surface area contributed by atoms with Crippen molar-refractivity contribution < 1.29 is 9.66 Å². The third-order valence-electron chi connectivity index (χ3n) is 2.69. The Morgan fingerprint density at radius 3 is 2.78 bits per heavy atom. The van der Waals surface area contributed by atoms with Crippen molar-refractivity contribution in [2.45, 2.75) is 11.8 Å². The number of anilines is 1. The fourth-order valence-corrected chi connectivity index (χ4v) is 2.12. The zero-order valence-corrected chi connectivity index (χ0v) is 12.1. The molecule has 0 N–H and O–H groups in total. The summed E-state index contributed by atoms with van der Waals surface area (Å²) >= 11 is 3.28. The van der Waals surface area contributed by atoms with Gasteiger partial charge >= 0.3 is 0 Å². The first kappa shape index (κ1) is 14.9. The van der Waals surface area contributed by atoms with E-state index >= 15 is 0 Å². The zero-order chi connectivity index (χ0) is 13.5. The molecule has 0 amide bonds. The van der Waals surface area contributed by atoms with Crippen LogP contribution in [0.5, 0.6) is 0 Å². The van der Waals surface area contributed by atoms with E-state index < -0.39 is 0 Å². The Labute approximate surface area is 115 Å². The standard InChI is InChI=1S/C12H17BrN2O3/c1-14(6-3-7-18-2)11-4-5-12(15(16)17)10(8-11)9-13/h4-5,8H,3,6-7,9H2,1-2H3. The van der Waals surface area contributed by atoms with E-state index in [9.17, 15) is 10.1 Å². The minimum absolute atomic E-state index is 0.154. The number of rotatable bonds is 7. The highest BCUT2D eigenvalue weighted by atomic mass is 79.9. The largest absolute Gasteiger partial charge is 0.385 e. The molecule has 0 spiro atoms. The molecule has 0 bridgehead atoms. The number of ether oxygens (including phenoxy) is 1. The monoisotopic (exact) mass is 316 g/mol. The van der Waals surface area contributed by atoms with Crippen molar-refractivity contribution in [3.63, 3.8) is 0 Å². The van der Waals surface area contributed by atoms with Crippen molar-refractivity contribution in [2.24, 2.45) is 0 Å². The second kappa shape index (κ2) is 7.33. The molecule has 0 aromatic heterocycles. The SMILES string of the molecule is COCCCN(C)c1ccc([N+](=O)[O-])c(CBr)c1. The molecule has 0 radical (unpaired) electrons. The van der Waals surface area contributed by atoms with Crippen LogP contribution in [-0.2, 0) is 10.1 Å². The normalized spacial score (nSPS) is 10.4. The van der Waals surface area contributed by atoms with Gasteiger partial charge in [0, 0.05) is 50.0 Å². The average Bonchev–Trinajstić information content (AvgIpc) is 2.37. The Kier molecular flexibility index (Phi) is 6.07. The van der Waals surface area contributed by atoms with Gasteiger partial charge in [-0.15, -0.1) is 0 Å². The second-order valence-corrected chi connectivity index (χ2v) is 4.53. The lowest BCUT2D eigenvalue weighted by Crippen LogP contribution is -2.19. The number of benzene rings is 1. The lowest BCUT2D eigenvalue weighted by Gasteiger charge is -2.19. The van der Waals surface area contributed by atoms with Gasteiger partial charge in [0.1, 0.15) is 0 Å². The van der Waals surface area contributed by atoms with Crippen LogP contribution in [0.1, 0.15) is 12.0 Å². The molecule has 0 saturated heterocycles. The number of nitro benzene ring substituents is 1. The number of alkyl halides is 1. The van der Waals surface area contributed by atoms with E-state index in [0.29, 0.717) is 17.5 Å². The molecular formula is C12H17BrN2O3. The van der Waals surface area contributed by atoms with Gasteiger partial charge in [-0.05, 0) is 18.6 Å². The van der Waals surface area contributed by atoms with Gasteiger partial charge in [-0.1, -0.05) is 15.9 Å². The summed E-state index contributed by atoms with van der Waals surface area (Å²) in [6.07, 6.45) is 0.924. The number of nitrogens with zero attached hydrogens (tertiary/aromatic N) is 2. The summed E-state index contributed by atoms with van der Waals surface area (Å²) < 4.78 is 5.00. The van der Waals surface area contributed by atoms with Crippen LogP contribution in [0.3, 0.4) is 0 Å². The molecule has 0 atom stereocenters. The highest BCUT2D eigenvalue weighted by Crippen LogP contribution is 2.26. The predicted molar refractivity (Wildman–Crippen MR) is 75.5 cm³/mol. The molecule has 1 aromatic rings. The van der Waals surface area contributed by atoms with Crippen LogP contribution in [0.4, 0.5) is 11.4 Å². The fourth-order valence-electron chi connectivity index (χ4n) is 1.67. The predicted octanol–water partition coefficient (Wildman–Crippen LogP) is 2.96. The van der Waals surface area contributed by atoms with Gasteiger partial charge in [0.2, 0.25) is 0 Å². The summed E-state index contributed by atoms with van der Waals surface area (Å²) in [4.78, 5) is 12.5. The van der Waals surface area contributed by atoms with E-state index in [1.54, 1.807) is 19.2 Å². The molecule has 0 heterocycles. The first-order valence-corrected chi connectivity index (χ1v) is 6.75. The van der Waals surface area contributed by atoms with E-state index in [1.807, 2.05) is 13.1 Å². The third kappa shape index (κ3) is 3.96. The molecule has 0 unspecified atom stereocenters. The van der Waals surface area contributed by atoms with Gasteiger partial charge < -0.3 is 9.64 Å². The van der Waals surface area contributed by atoms with Gasteiger partial charge in [-0.25, -0.2) is 0 Å². The number of halogens is 1. The van der Waals surface area contributed by atoms with Crippen molar-refractivity contribution in [2.75, 3.05) is 32.2 Å². The highest BCUT2D eigenvalue weighted by Gasteiger charge is 2.14. The lowest BCUT2D eigenvalue weighted by atomic mass is 10.1. The van der Waals surface area contributed by atoms with E-state index in [4.69, 9.17) is 4.74 Å². The van der Waals surface area contributed by atoms with Crippen LogP contribution >= 0.6 is 15.9 Å². The molecule has 0 aliphatic heterocycles. The van der Waals surface area contributed by atoms with E-state index in [0.717, 1.165) is 18.7 Å². The highest BCUT2D eigenvalue weighted by molar-refractivity contribution is 9.08. The number of nitro groups is 1. The lowest BCUT2D eigenvalue weighted by molar-refractivity contribution is -0.385. The minimum Gasteiger partial charge on any atom is -0.385 e. The molecule has 0 aliphatic rings. The molecule has 1 aromatic carbocycles.